The van der Waals surface area contributed by atoms with Gasteiger partial charge in [-0.2, -0.15) is 0 Å². The number of nitro benzene ring substituents is 1. The van der Waals surface area contributed by atoms with Gasteiger partial charge < -0.3 is 4.74 Å². The molecule has 0 saturated carbocycles. The molecule has 1 heterocycles. The second-order valence-electron chi connectivity index (χ2n) is 6.15. The number of carbonyl (C=O) groups is 2. The molecule has 0 aliphatic carbocycles. The van der Waals surface area contributed by atoms with E-state index in [1.807, 2.05) is 0 Å². The fourth-order valence-electron chi connectivity index (χ4n) is 2.67. The van der Waals surface area contributed by atoms with Crippen molar-refractivity contribution in [1.82, 2.24) is 5.06 Å². The molecule has 1 aliphatic heterocycles. The van der Waals surface area contributed by atoms with Gasteiger partial charge in [0.25, 0.3) is 11.6 Å². The Hall–Kier alpha value is -2.69. The Morgan fingerprint density at radius 2 is 1.96 bits per heavy atom. The number of rotatable bonds is 4. The van der Waals surface area contributed by atoms with Crippen LogP contribution in [0.15, 0.2) is 18.2 Å². The summed E-state index contributed by atoms with van der Waals surface area (Å²) >= 11 is 0. The van der Waals surface area contributed by atoms with Gasteiger partial charge in [0, 0.05) is 12.6 Å². The van der Waals surface area contributed by atoms with Gasteiger partial charge in [0.15, 0.2) is 5.78 Å². The highest BCUT2D eigenvalue weighted by molar-refractivity contribution is 6.06. The van der Waals surface area contributed by atoms with E-state index < -0.39 is 45.9 Å². The van der Waals surface area contributed by atoms with Crippen molar-refractivity contribution in [3.8, 4) is 5.75 Å². The summed E-state index contributed by atoms with van der Waals surface area (Å²) in [5.41, 5.74) is -2.07. The molecule has 8 nitrogen and oxygen atoms in total. The zero-order chi connectivity index (χ0) is 19.9. The van der Waals surface area contributed by atoms with Crippen LogP contribution < -0.4 is 4.74 Å². The lowest BCUT2D eigenvalue weighted by molar-refractivity contribution is -0.385. The van der Waals surface area contributed by atoms with E-state index in [0.29, 0.717) is 6.07 Å². The van der Waals surface area contributed by atoms with Gasteiger partial charge in [0.1, 0.15) is 17.3 Å². The number of benzene rings is 1. The van der Waals surface area contributed by atoms with Crippen LogP contribution in [0.3, 0.4) is 0 Å². The van der Waals surface area contributed by atoms with E-state index in [-0.39, 0.29) is 12.0 Å². The van der Waals surface area contributed by atoms with Crippen LogP contribution in [-0.4, -0.2) is 40.7 Å². The highest BCUT2D eigenvalue weighted by Gasteiger charge is 2.47. The number of nitrogens with zero attached hydrogens (tertiary/aromatic N) is 2. The SMILES string of the molecule is CN1OC(C)(C)C(=O)C(Cc2ccc(OC(F)(F)F)cc2[N+](=O)[O-])C1=O. The molecule has 11 heteroatoms. The molecule has 0 spiro atoms. The Morgan fingerprint density at radius 3 is 2.50 bits per heavy atom. The van der Waals surface area contributed by atoms with E-state index in [4.69, 9.17) is 4.84 Å². The average molecular weight is 376 g/mol. The average Bonchev–Trinajstić information content (AvgIpc) is 2.48. The maximum atomic E-state index is 12.4. The van der Waals surface area contributed by atoms with Gasteiger partial charge >= 0.3 is 6.36 Å². The van der Waals surface area contributed by atoms with Crippen LogP contribution in [0.1, 0.15) is 19.4 Å². The Kier molecular flexibility index (Phi) is 4.95. The summed E-state index contributed by atoms with van der Waals surface area (Å²) in [6.45, 7) is 2.89. The topological polar surface area (TPSA) is 99.0 Å². The van der Waals surface area contributed by atoms with Crippen molar-refractivity contribution in [3.05, 3.63) is 33.9 Å². The molecule has 26 heavy (non-hydrogen) atoms. The van der Waals surface area contributed by atoms with Crippen LogP contribution in [0.2, 0.25) is 0 Å². The Labute approximate surface area is 145 Å². The van der Waals surface area contributed by atoms with E-state index in [1.54, 1.807) is 0 Å². The molecule has 0 bridgehead atoms. The van der Waals surface area contributed by atoms with Gasteiger partial charge in [0.2, 0.25) is 0 Å². The number of nitro groups is 1. The van der Waals surface area contributed by atoms with Crippen LogP contribution in [0, 0.1) is 16.0 Å². The molecule has 2 rings (SSSR count). The van der Waals surface area contributed by atoms with Crippen LogP contribution in [0.5, 0.6) is 5.75 Å². The van der Waals surface area contributed by atoms with Gasteiger partial charge in [-0.3, -0.25) is 24.5 Å². The molecule has 1 amide bonds. The Bertz CT molecular complexity index is 762. The first-order valence-electron chi connectivity index (χ1n) is 7.36. The van der Waals surface area contributed by atoms with Gasteiger partial charge in [0.05, 0.1) is 11.0 Å². The van der Waals surface area contributed by atoms with E-state index in [9.17, 15) is 32.9 Å². The number of amides is 1. The van der Waals surface area contributed by atoms with Gasteiger partial charge in [-0.05, 0) is 32.4 Å². The van der Waals surface area contributed by atoms with Crippen molar-refractivity contribution >= 4 is 17.4 Å². The summed E-state index contributed by atoms with van der Waals surface area (Å²) in [6.07, 6.45) is -5.35. The number of carbonyl (C=O) groups excluding carboxylic acids is 2. The molecule has 1 saturated heterocycles. The van der Waals surface area contributed by atoms with E-state index in [0.717, 1.165) is 17.2 Å². The fraction of sp³-hybridized carbons (Fsp3) is 0.467. The fourth-order valence-corrected chi connectivity index (χ4v) is 2.67. The van der Waals surface area contributed by atoms with Crippen molar-refractivity contribution in [1.29, 1.82) is 0 Å². The molecule has 1 unspecified atom stereocenters. The van der Waals surface area contributed by atoms with Crippen molar-refractivity contribution in [2.45, 2.75) is 32.2 Å². The Morgan fingerprint density at radius 1 is 1.35 bits per heavy atom. The van der Waals surface area contributed by atoms with Gasteiger partial charge in [-0.15, -0.1) is 13.2 Å². The summed E-state index contributed by atoms with van der Waals surface area (Å²) in [5.74, 6) is -3.29. The molecule has 1 atom stereocenters. The third-order valence-corrected chi connectivity index (χ3v) is 3.79. The zero-order valence-corrected chi connectivity index (χ0v) is 14.0. The van der Waals surface area contributed by atoms with Crippen LogP contribution in [0.25, 0.3) is 0 Å². The summed E-state index contributed by atoms with van der Waals surface area (Å²) in [4.78, 5) is 40.1. The summed E-state index contributed by atoms with van der Waals surface area (Å²) in [5, 5.41) is 12.1. The number of alkyl halides is 3. The van der Waals surface area contributed by atoms with Crippen LogP contribution in [0.4, 0.5) is 18.9 Å². The van der Waals surface area contributed by atoms with Gasteiger partial charge in [-0.1, -0.05) is 0 Å². The number of Topliss-reactive ketones (excluding diaryl/α,β-unsaturated/α-hetero) is 1. The minimum Gasteiger partial charge on any atom is -0.406 e. The summed E-state index contributed by atoms with van der Waals surface area (Å²) in [7, 11) is 1.30. The number of hydroxylamine groups is 2. The zero-order valence-electron chi connectivity index (χ0n) is 14.0. The number of hydrogen-bond acceptors (Lipinski definition) is 6. The minimum atomic E-state index is -5.01. The number of ketones is 1. The van der Waals surface area contributed by atoms with Crippen molar-refractivity contribution < 1.29 is 37.3 Å². The second-order valence-corrected chi connectivity index (χ2v) is 6.15. The lowest BCUT2D eigenvalue weighted by atomic mass is 9.84. The lowest BCUT2D eigenvalue weighted by Gasteiger charge is -2.38. The molecule has 0 radical (unpaired) electrons. The molecular formula is C15H15F3N2O6. The van der Waals surface area contributed by atoms with E-state index in [1.165, 1.54) is 20.9 Å². The van der Waals surface area contributed by atoms with Gasteiger partial charge in [-0.25, -0.2) is 5.06 Å². The first-order valence-corrected chi connectivity index (χ1v) is 7.36. The molecule has 1 aliphatic rings. The molecule has 1 aromatic carbocycles. The van der Waals surface area contributed by atoms with Crippen molar-refractivity contribution in [2.24, 2.45) is 5.92 Å². The first kappa shape index (κ1) is 19.6. The normalized spacial score (nSPS) is 20.2. The molecule has 1 aromatic rings. The molecular weight excluding hydrogens is 361 g/mol. The predicted octanol–water partition coefficient (Wildman–Crippen LogP) is 2.40. The quantitative estimate of drug-likeness (QED) is 0.455. The summed E-state index contributed by atoms with van der Waals surface area (Å²) < 4.78 is 40.5. The third kappa shape index (κ3) is 4.10. The standard InChI is InChI=1S/C15H15F3N2O6/c1-14(2)12(21)10(13(22)19(3)26-14)6-8-4-5-9(25-15(16,17)18)7-11(8)20(23)24/h4-5,7,10H,6H2,1-3H3. The smallest absolute Gasteiger partial charge is 0.406 e. The molecule has 1 fully saturated rings. The number of ether oxygens (including phenoxy) is 1. The second kappa shape index (κ2) is 6.56. The number of halogens is 3. The molecule has 142 valence electrons. The van der Waals surface area contributed by atoms with Crippen molar-refractivity contribution in [2.75, 3.05) is 7.05 Å². The maximum Gasteiger partial charge on any atom is 0.573 e. The summed E-state index contributed by atoms with van der Waals surface area (Å²) in [6, 6.07) is 2.52. The maximum absolute atomic E-state index is 12.4. The Balaban J connectivity index is 2.37. The monoisotopic (exact) mass is 376 g/mol. The third-order valence-electron chi connectivity index (χ3n) is 3.79. The highest BCUT2D eigenvalue weighted by Crippen LogP contribution is 2.33. The lowest BCUT2D eigenvalue weighted by Crippen LogP contribution is -2.56. The number of hydrogen-bond donors (Lipinski definition) is 0. The van der Waals surface area contributed by atoms with Crippen molar-refractivity contribution in [3.63, 3.8) is 0 Å². The van der Waals surface area contributed by atoms with Crippen LogP contribution >= 0.6 is 0 Å². The largest absolute Gasteiger partial charge is 0.573 e. The molecule has 0 aromatic heterocycles. The van der Waals surface area contributed by atoms with E-state index in [2.05, 4.69) is 4.74 Å². The highest BCUT2D eigenvalue weighted by atomic mass is 19.4. The first-order chi connectivity index (χ1) is 11.8. The molecule has 0 N–H and O–H groups in total. The van der Waals surface area contributed by atoms with E-state index >= 15 is 0 Å². The predicted molar refractivity (Wildman–Crippen MR) is 79.9 cm³/mol. The minimum absolute atomic E-state index is 0.0673. The van der Waals surface area contributed by atoms with Crippen LogP contribution in [-0.2, 0) is 20.8 Å².